The first-order valence-electron chi connectivity index (χ1n) is 16.2. The summed E-state index contributed by atoms with van der Waals surface area (Å²) in [5.74, 6) is 1.63. The zero-order valence-corrected chi connectivity index (χ0v) is 27.6. The Morgan fingerprint density at radius 2 is 1.57 bits per heavy atom. The zero-order chi connectivity index (χ0) is 33.0. The lowest BCUT2D eigenvalue weighted by atomic mass is 9.96. The zero-order valence-electron chi connectivity index (χ0n) is 27.6. The Balaban J connectivity index is 1.17. The molecule has 0 radical (unpaired) electrons. The number of ether oxygens (including phenoxy) is 1. The summed E-state index contributed by atoms with van der Waals surface area (Å²) in [5, 5.41) is 5.99. The Bertz CT molecular complexity index is 1500. The minimum absolute atomic E-state index is 0.00681. The molecule has 2 saturated heterocycles. The van der Waals surface area contributed by atoms with Crippen molar-refractivity contribution >= 4 is 23.9 Å². The van der Waals surface area contributed by atoms with E-state index >= 15 is 0 Å². The second kappa shape index (κ2) is 14.3. The third-order valence-corrected chi connectivity index (χ3v) is 9.24. The van der Waals surface area contributed by atoms with Gasteiger partial charge in [0.2, 0.25) is 17.8 Å². The van der Waals surface area contributed by atoms with Crippen molar-refractivity contribution in [3.63, 3.8) is 0 Å². The molecule has 12 nitrogen and oxygen atoms in total. The van der Waals surface area contributed by atoms with Gasteiger partial charge in [-0.2, -0.15) is 0 Å². The predicted octanol–water partition coefficient (Wildman–Crippen LogP) is 4.88. The molecule has 3 aromatic rings. The molecule has 2 aliphatic heterocycles. The lowest BCUT2D eigenvalue weighted by molar-refractivity contribution is -0.137. The molecule has 0 spiro atoms. The molecular formula is C34H46N8O4. The molecule has 1 unspecified atom stereocenters. The molecule has 2 fully saturated rings. The van der Waals surface area contributed by atoms with Crippen molar-refractivity contribution in [2.24, 2.45) is 17.8 Å². The van der Waals surface area contributed by atoms with Gasteiger partial charge in [0, 0.05) is 49.6 Å². The number of hydrogen-bond acceptors (Lipinski definition) is 8. The van der Waals surface area contributed by atoms with Crippen LogP contribution < -0.4 is 10.6 Å². The number of nitrogens with one attached hydrogen (secondary N) is 3. The van der Waals surface area contributed by atoms with E-state index in [0.29, 0.717) is 25.0 Å². The van der Waals surface area contributed by atoms with E-state index in [1.54, 1.807) is 17.3 Å². The number of carbonyl (C=O) groups is 3. The lowest BCUT2D eigenvalue weighted by Gasteiger charge is -2.27. The van der Waals surface area contributed by atoms with Crippen LogP contribution in [0.15, 0.2) is 42.9 Å². The molecule has 46 heavy (non-hydrogen) atoms. The van der Waals surface area contributed by atoms with Gasteiger partial charge in [-0.05, 0) is 42.2 Å². The van der Waals surface area contributed by atoms with Crippen molar-refractivity contribution in [3.05, 3.63) is 48.7 Å². The average Bonchev–Trinajstić information content (AvgIpc) is 3.84. The van der Waals surface area contributed by atoms with Crippen LogP contribution >= 0.6 is 0 Å². The number of H-pyrrole nitrogens is 1. The third-order valence-electron chi connectivity index (χ3n) is 9.24. The third kappa shape index (κ3) is 7.32. The molecule has 1 aromatic carbocycles. The van der Waals surface area contributed by atoms with E-state index in [-0.39, 0.29) is 35.7 Å². The number of amides is 3. The second-order valence-electron chi connectivity index (χ2n) is 13.0. The maximum atomic E-state index is 13.1. The van der Waals surface area contributed by atoms with Gasteiger partial charge in [0.25, 0.3) is 0 Å². The summed E-state index contributed by atoms with van der Waals surface area (Å²) in [6, 6.07) is 7.50. The van der Waals surface area contributed by atoms with Crippen LogP contribution in [0.3, 0.4) is 0 Å². The number of likely N-dealkylation sites (tertiary alicyclic amines) is 2. The number of methoxy groups -OCH3 is 1. The Morgan fingerprint density at radius 1 is 0.870 bits per heavy atom. The van der Waals surface area contributed by atoms with Gasteiger partial charge in [-0.25, -0.2) is 19.7 Å². The number of anilines is 1. The quantitative estimate of drug-likeness (QED) is 0.287. The molecule has 0 saturated carbocycles. The van der Waals surface area contributed by atoms with E-state index in [9.17, 15) is 14.4 Å². The van der Waals surface area contributed by atoms with E-state index in [0.717, 1.165) is 54.0 Å². The summed E-state index contributed by atoms with van der Waals surface area (Å²) < 4.78 is 4.69. The fourth-order valence-corrected chi connectivity index (χ4v) is 6.07. The smallest absolute Gasteiger partial charge is 0.407 e. The lowest BCUT2D eigenvalue weighted by Crippen LogP contribution is -2.51. The molecule has 12 heteroatoms. The Labute approximate surface area is 270 Å². The summed E-state index contributed by atoms with van der Waals surface area (Å²) in [5.41, 5.74) is 3.80. The highest BCUT2D eigenvalue weighted by Gasteiger charge is 2.35. The Morgan fingerprint density at radius 3 is 2.22 bits per heavy atom. The standard InChI is InChI=1S/C34H46N8O4/c1-20(2)22(5)31(43)42-14-7-8-28(42)30-35-18-27(39-30)24-11-9-23(10-12-24)25-16-36-33(37-17-25)38-26-13-15-41(19-26)32(44)29(21(3)4)40-34(45)46-6/h9-12,16-18,20-22,26,28-29H,7-8,13-15,19H2,1-6H3,(H,35,39)(H,40,45)(H,36,37,38)/t22-,26?,28-,29-/m0/s1. The summed E-state index contributed by atoms with van der Waals surface area (Å²) in [4.78, 5) is 58.8. The number of hydrogen-bond donors (Lipinski definition) is 3. The van der Waals surface area contributed by atoms with Crippen molar-refractivity contribution in [1.29, 1.82) is 0 Å². The van der Waals surface area contributed by atoms with E-state index in [1.165, 1.54) is 7.11 Å². The number of aromatic nitrogens is 4. The van der Waals surface area contributed by atoms with E-state index in [2.05, 4.69) is 49.2 Å². The molecule has 0 bridgehead atoms. The van der Waals surface area contributed by atoms with Crippen LogP contribution in [0.4, 0.5) is 10.7 Å². The number of imidazole rings is 1. The number of alkyl carbamates (subject to hydrolysis) is 1. The first-order valence-corrected chi connectivity index (χ1v) is 16.2. The second-order valence-corrected chi connectivity index (χ2v) is 13.0. The van der Waals surface area contributed by atoms with Crippen LogP contribution in [0, 0.1) is 17.8 Å². The van der Waals surface area contributed by atoms with E-state index < -0.39 is 12.1 Å². The minimum atomic E-state index is -0.643. The van der Waals surface area contributed by atoms with Gasteiger partial charge < -0.3 is 30.2 Å². The van der Waals surface area contributed by atoms with Gasteiger partial charge in [0.1, 0.15) is 11.9 Å². The van der Waals surface area contributed by atoms with Crippen LogP contribution in [0.5, 0.6) is 0 Å². The molecule has 4 atom stereocenters. The van der Waals surface area contributed by atoms with Crippen LogP contribution in [0.1, 0.15) is 65.7 Å². The fourth-order valence-electron chi connectivity index (χ4n) is 6.07. The highest BCUT2D eigenvalue weighted by molar-refractivity contribution is 5.86. The van der Waals surface area contributed by atoms with Crippen molar-refractivity contribution in [1.82, 2.24) is 35.1 Å². The van der Waals surface area contributed by atoms with Gasteiger partial charge in [-0.3, -0.25) is 9.59 Å². The number of benzene rings is 1. The average molecular weight is 631 g/mol. The number of nitrogens with zero attached hydrogens (tertiary/aromatic N) is 5. The van der Waals surface area contributed by atoms with E-state index in [1.807, 2.05) is 56.1 Å². The van der Waals surface area contributed by atoms with Crippen LogP contribution in [0.25, 0.3) is 22.4 Å². The maximum absolute atomic E-state index is 13.1. The molecule has 3 amide bonds. The van der Waals surface area contributed by atoms with E-state index in [4.69, 9.17) is 0 Å². The SMILES string of the molecule is COC(=O)N[C@H](C(=O)N1CCC(Nc2ncc(-c3ccc(-c4cnc([C@@H]5CCCN5C(=O)[C@@H](C)C(C)C)[nH]4)cc3)cn2)C1)C(C)C. The molecular weight excluding hydrogens is 584 g/mol. The highest BCUT2D eigenvalue weighted by Crippen LogP contribution is 2.34. The summed E-state index contributed by atoms with van der Waals surface area (Å²) in [6.45, 7) is 11.8. The molecule has 5 rings (SSSR count). The fraction of sp³-hybridized carbons (Fsp3) is 0.529. The van der Waals surface area contributed by atoms with Crippen molar-refractivity contribution in [3.8, 4) is 22.4 Å². The van der Waals surface area contributed by atoms with Crippen LogP contribution in [-0.2, 0) is 14.3 Å². The highest BCUT2D eigenvalue weighted by atomic mass is 16.5. The molecule has 4 heterocycles. The Kier molecular flexibility index (Phi) is 10.2. The molecule has 0 aliphatic carbocycles. The minimum Gasteiger partial charge on any atom is -0.453 e. The van der Waals surface area contributed by atoms with Crippen LogP contribution in [-0.4, -0.2) is 86.5 Å². The van der Waals surface area contributed by atoms with Gasteiger partial charge in [-0.1, -0.05) is 58.9 Å². The normalized spacial score (nSPS) is 19.4. The number of aromatic amines is 1. The van der Waals surface area contributed by atoms with Gasteiger partial charge in [-0.15, -0.1) is 0 Å². The topological polar surface area (TPSA) is 145 Å². The Hall–Kier alpha value is -4.48. The van der Waals surface area contributed by atoms with Gasteiger partial charge >= 0.3 is 6.09 Å². The van der Waals surface area contributed by atoms with Crippen molar-refractivity contribution < 1.29 is 19.1 Å². The molecule has 3 N–H and O–H groups in total. The number of carbonyl (C=O) groups excluding carboxylic acids is 3. The molecule has 246 valence electrons. The van der Waals surface area contributed by atoms with Gasteiger partial charge in [0.05, 0.1) is 25.0 Å². The molecule has 2 aromatic heterocycles. The van der Waals surface area contributed by atoms with Crippen molar-refractivity contribution in [2.75, 3.05) is 32.1 Å². The maximum Gasteiger partial charge on any atom is 0.407 e. The van der Waals surface area contributed by atoms with Crippen LogP contribution in [0.2, 0.25) is 0 Å². The first kappa shape index (κ1) is 32.9. The summed E-state index contributed by atoms with van der Waals surface area (Å²) >= 11 is 0. The number of rotatable bonds is 10. The summed E-state index contributed by atoms with van der Waals surface area (Å²) in [7, 11) is 1.29. The van der Waals surface area contributed by atoms with Crippen molar-refractivity contribution in [2.45, 2.75) is 72.0 Å². The predicted molar refractivity (Wildman–Crippen MR) is 176 cm³/mol. The van der Waals surface area contributed by atoms with Gasteiger partial charge in [0.15, 0.2) is 0 Å². The summed E-state index contributed by atoms with van der Waals surface area (Å²) in [6.07, 6.45) is 7.45. The monoisotopic (exact) mass is 630 g/mol. The largest absolute Gasteiger partial charge is 0.453 e. The first-order chi connectivity index (χ1) is 22.0. The molecule has 2 aliphatic rings.